The van der Waals surface area contributed by atoms with Gasteiger partial charge in [-0.25, -0.2) is 0 Å². The van der Waals surface area contributed by atoms with Gasteiger partial charge in [0.1, 0.15) is 17.4 Å². The molecule has 0 aromatic heterocycles. The van der Waals surface area contributed by atoms with E-state index in [1.54, 1.807) is 24.4 Å². The molecule has 1 saturated heterocycles. The summed E-state index contributed by atoms with van der Waals surface area (Å²) in [5.41, 5.74) is 0.349. The molecule has 110 valence electrons. The third-order valence-electron chi connectivity index (χ3n) is 3.67. The lowest BCUT2D eigenvalue weighted by molar-refractivity contribution is -0.112. The molecule has 1 aromatic rings. The summed E-state index contributed by atoms with van der Waals surface area (Å²) >= 11 is 0. The van der Waals surface area contributed by atoms with Crippen molar-refractivity contribution >= 4 is 11.6 Å². The fourth-order valence-corrected chi connectivity index (χ4v) is 2.39. The summed E-state index contributed by atoms with van der Waals surface area (Å²) in [5.74, 6) is -0.522. The van der Waals surface area contributed by atoms with Crippen LogP contribution in [0.25, 0.3) is 0 Å². The van der Waals surface area contributed by atoms with E-state index in [-0.39, 0.29) is 11.3 Å². The van der Waals surface area contributed by atoms with Crippen molar-refractivity contribution in [3.63, 3.8) is 0 Å². The van der Waals surface area contributed by atoms with Crippen LogP contribution in [-0.4, -0.2) is 28.5 Å². The number of anilines is 1. The first-order valence-electron chi connectivity index (χ1n) is 7.09. The number of carbonyl (C=O) groups is 1. The Morgan fingerprint density at radius 1 is 1.48 bits per heavy atom. The largest absolute Gasteiger partial charge is 0.506 e. The Labute approximate surface area is 124 Å². The number of nitrogens with zero attached hydrogens (tertiary/aromatic N) is 2. The monoisotopic (exact) mass is 285 g/mol. The highest BCUT2D eigenvalue weighted by molar-refractivity contribution is 6.07. The predicted molar refractivity (Wildman–Crippen MR) is 80.5 cm³/mol. The Morgan fingerprint density at radius 3 is 2.90 bits per heavy atom. The number of amides is 1. The summed E-state index contributed by atoms with van der Waals surface area (Å²) in [6.07, 6.45) is 4.94. The summed E-state index contributed by atoms with van der Waals surface area (Å²) in [6.45, 7) is 2.95. The second-order valence-electron chi connectivity index (χ2n) is 5.21. The number of hydrogen-bond donors (Lipinski definition) is 2. The normalized spacial score (nSPS) is 19.0. The Morgan fingerprint density at radius 2 is 2.24 bits per heavy atom. The molecule has 1 heterocycles. The Bertz CT molecular complexity index is 589. The maximum atomic E-state index is 12.1. The number of phenolic OH excluding ortho intramolecular Hbond substituents is 1. The van der Waals surface area contributed by atoms with Gasteiger partial charge in [0.05, 0.1) is 5.69 Å². The molecular weight excluding hydrogens is 266 g/mol. The molecule has 1 aliphatic rings. The van der Waals surface area contributed by atoms with Crippen molar-refractivity contribution in [3.8, 4) is 11.8 Å². The molecule has 0 saturated carbocycles. The van der Waals surface area contributed by atoms with Crippen molar-refractivity contribution in [1.82, 2.24) is 4.90 Å². The summed E-state index contributed by atoms with van der Waals surface area (Å²) in [5, 5.41) is 21.4. The van der Waals surface area contributed by atoms with Crippen LogP contribution in [0.1, 0.15) is 26.2 Å². The fourth-order valence-electron chi connectivity index (χ4n) is 2.39. The van der Waals surface area contributed by atoms with E-state index in [1.807, 2.05) is 11.0 Å². The van der Waals surface area contributed by atoms with E-state index in [0.717, 1.165) is 19.4 Å². The van der Waals surface area contributed by atoms with E-state index in [9.17, 15) is 15.2 Å². The van der Waals surface area contributed by atoms with Crippen molar-refractivity contribution < 1.29 is 9.90 Å². The Hall–Kier alpha value is -2.48. The Balaban J connectivity index is 2.12. The number of nitriles is 1. The molecular formula is C16H19N3O2. The molecule has 1 aromatic carbocycles. The van der Waals surface area contributed by atoms with Crippen molar-refractivity contribution in [2.24, 2.45) is 0 Å². The molecule has 21 heavy (non-hydrogen) atoms. The summed E-state index contributed by atoms with van der Waals surface area (Å²) in [4.78, 5) is 14.2. The minimum absolute atomic E-state index is 0.0190. The van der Waals surface area contributed by atoms with Crippen LogP contribution >= 0.6 is 0 Å². The lowest BCUT2D eigenvalue weighted by Gasteiger charge is -2.32. The molecule has 0 radical (unpaired) electrons. The molecule has 5 nitrogen and oxygen atoms in total. The van der Waals surface area contributed by atoms with Gasteiger partial charge in [0.15, 0.2) is 0 Å². The van der Waals surface area contributed by atoms with Gasteiger partial charge >= 0.3 is 0 Å². The number of aromatic hydroxyl groups is 1. The zero-order valence-electron chi connectivity index (χ0n) is 12.0. The number of carbonyl (C=O) groups excluding carboxylic acids is 1. The highest BCUT2D eigenvalue weighted by Gasteiger charge is 2.18. The Kier molecular flexibility index (Phi) is 4.83. The highest BCUT2D eigenvalue weighted by atomic mass is 16.3. The van der Waals surface area contributed by atoms with Gasteiger partial charge in [-0.2, -0.15) is 5.26 Å². The minimum Gasteiger partial charge on any atom is -0.506 e. The van der Waals surface area contributed by atoms with Crippen LogP contribution in [-0.2, 0) is 4.79 Å². The first kappa shape index (κ1) is 14.9. The van der Waals surface area contributed by atoms with Crippen LogP contribution in [0.4, 0.5) is 5.69 Å². The fraction of sp³-hybridized carbons (Fsp3) is 0.375. The van der Waals surface area contributed by atoms with Gasteiger partial charge in [0, 0.05) is 18.8 Å². The van der Waals surface area contributed by atoms with Gasteiger partial charge in [-0.15, -0.1) is 0 Å². The van der Waals surface area contributed by atoms with Crippen molar-refractivity contribution in [2.75, 3.05) is 11.9 Å². The highest BCUT2D eigenvalue weighted by Crippen LogP contribution is 2.22. The minimum atomic E-state index is -0.503. The molecule has 1 atom stereocenters. The number of likely N-dealkylation sites (tertiary alicyclic amines) is 1. The molecule has 1 amide bonds. The zero-order valence-corrected chi connectivity index (χ0v) is 12.0. The molecule has 2 N–H and O–H groups in total. The van der Waals surface area contributed by atoms with E-state index in [4.69, 9.17) is 0 Å². The van der Waals surface area contributed by atoms with Crippen molar-refractivity contribution in [3.05, 3.63) is 36.0 Å². The number of hydrogen-bond acceptors (Lipinski definition) is 4. The van der Waals surface area contributed by atoms with Crippen molar-refractivity contribution in [2.45, 2.75) is 32.2 Å². The van der Waals surface area contributed by atoms with Gasteiger partial charge in [-0.05, 0) is 38.3 Å². The van der Waals surface area contributed by atoms with Crippen LogP contribution < -0.4 is 5.32 Å². The molecule has 5 heteroatoms. The van der Waals surface area contributed by atoms with E-state index in [1.165, 1.54) is 12.5 Å². The molecule has 0 bridgehead atoms. The number of piperidine rings is 1. The lowest BCUT2D eigenvalue weighted by atomic mass is 10.0. The van der Waals surface area contributed by atoms with Crippen LogP contribution in [0.5, 0.6) is 5.75 Å². The van der Waals surface area contributed by atoms with Gasteiger partial charge < -0.3 is 15.3 Å². The average molecular weight is 285 g/mol. The van der Waals surface area contributed by atoms with E-state index in [0.29, 0.717) is 11.7 Å². The van der Waals surface area contributed by atoms with E-state index in [2.05, 4.69) is 12.2 Å². The van der Waals surface area contributed by atoms with Gasteiger partial charge in [-0.3, -0.25) is 4.79 Å². The first-order chi connectivity index (χ1) is 10.1. The van der Waals surface area contributed by atoms with Gasteiger partial charge in [0.2, 0.25) is 0 Å². The molecule has 1 unspecified atom stereocenters. The number of para-hydroxylation sites is 2. The first-order valence-corrected chi connectivity index (χ1v) is 7.09. The standard InChI is InChI=1S/C16H19N3O2/c1-12-6-4-5-9-19(12)11-13(10-17)16(21)18-14-7-2-3-8-15(14)20/h2-3,7-8,11-12,20H,4-6,9H2,1H3,(H,18,21)/b13-11-. The van der Waals surface area contributed by atoms with Gasteiger partial charge in [-0.1, -0.05) is 12.1 Å². The second kappa shape index (κ2) is 6.80. The number of benzene rings is 1. The maximum absolute atomic E-state index is 12.1. The molecule has 0 aliphatic carbocycles. The number of nitrogens with one attached hydrogen (secondary N) is 1. The molecule has 1 aliphatic heterocycles. The second-order valence-corrected chi connectivity index (χ2v) is 5.21. The predicted octanol–water partition coefficient (Wildman–Crippen LogP) is 2.61. The van der Waals surface area contributed by atoms with Crippen LogP contribution in [0, 0.1) is 11.3 Å². The number of phenols is 1. The van der Waals surface area contributed by atoms with E-state index >= 15 is 0 Å². The summed E-state index contributed by atoms with van der Waals surface area (Å²) in [7, 11) is 0. The van der Waals surface area contributed by atoms with E-state index < -0.39 is 5.91 Å². The van der Waals surface area contributed by atoms with Crippen molar-refractivity contribution in [1.29, 1.82) is 5.26 Å². The molecule has 1 fully saturated rings. The van der Waals surface area contributed by atoms with Crippen LogP contribution in [0.15, 0.2) is 36.0 Å². The average Bonchev–Trinajstić information content (AvgIpc) is 2.48. The number of rotatable bonds is 3. The summed E-state index contributed by atoms with van der Waals surface area (Å²) < 4.78 is 0. The third-order valence-corrected chi connectivity index (χ3v) is 3.67. The third kappa shape index (κ3) is 3.76. The lowest BCUT2D eigenvalue weighted by Crippen LogP contribution is -2.34. The quantitative estimate of drug-likeness (QED) is 0.508. The smallest absolute Gasteiger partial charge is 0.267 e. The van der Waals surface area contributed by atoms with Crippen LogP contribution in [0.2, 0.25) is 0 Å². The van der Waals surface area contributed by atoms with Gasteiger partial charge in [0.25, 0.3) is 5.91 Å². The SMILES string of the molecule is CC1CCCCN1/C=C(/C#N)C(=O)Nc1ccccc1O. The van der Waals surface area contributed by atoms with Crippen LogP contribution in [0.3, 0.4) is 0 Å². The topological polar surface area (TPSA) is 76.4 Å². The molecule has 0 spiro atoms. The maximum Gasteiger partial charge on any atom is 0.267 e. The zero-order chi connectivity index (χ0) is 15.2. The molecule has 2 rings (SSSR count). The summed E-state index contributed by atoms with van der Waals surface area (Å²) in [6, 6.07) is 8.72.